The molecule has 0 aliphatic carbocycles. The Kier molecular flexibility index (Phi) is 6.00. The molecule has 9 heteroatoms. The Bertz CT molecular complexity index is 962. The highest BCUT2D eigenvalue weighted by molar-refractivity contribution is 9.10. The van der Waals surface area contributed by atoms with Crippen molar-refractivity contribution >= 4 is 55.2 Å². The van der Waals surface area contributed by atoms with Crippen LogP contribution in [0, 0.1) is 6.92 Å². The highest BCUT2D eigenvalue weighted by Crippen LogP contribution is 2.30. The molecule has 0 aliphatic rings. The smallest absolute Gasteiger partial charge is 0.234 e. The maximum Gasteiger partial charge on any atom is 0.234 e. The lowest BCUT2D eigenvalue weighted by molar-refractivity contribution is -0.113. The zero-order valence-electron chi connectivity index (χ0n) is 13.6. The number of hydrogen-bond donors (Lipinski definition) is 3. The van der Waals surface area contributed by atoms with Gasteiger partial charge < -0.3 is 10.4 Å². The van der Waals surface area contributed by atoms with Crippen molar-refractivity contribution in [1.29, 1.82) is 0 Å². The molecular weight excluding hydrogens is 484 g/mol. The van der Waals surface area contributed by atoms with E-state index in [1.165, 1.54) is 11.8 Å². The number of thioether (sulfide) groups is 1. The molecule has 1 heterocycles. The number of aryl methyl sites for hydroxylation is 1. The van der Waals surface area contributed by atoms with E-state index in [-0.39, 0.29) is 17.4 Å². The number of carbonyl (C=O) groups excluding carboxylic acids is 1. The molecule has 0 saturated carbocycles. The van der Waals surface area contributed by atoms with Crippen LogP contribution in [0.2, 0.25) is 0 Å². The highest BCUT2D eigenvalue weighted by Gasteiger charge is 2.12. The van der Waals surface area contributed by atoms with Crippen molar-refractivity contribution in [1.82, 2.24) is 15.2 Å². The van der Waals surface area contributed by atoms with Crippen molar-refractivity contribution in [2.45, 2.75) is 12.1 Å². The van der Waals surface area contributed by atoms with Gasteiger partial charge in [-0.1, -0.05) is 43.6 Å². The molecule has 0 aliphatic heterocycles. The van der Waals surface area contributed by atoms with Gasteiger partial charge in [0.2, 0.25) is 11.1 Å². The number of nitrogens with one attached hydrogen (secondary N) is 2. The van der Waals surface area contributed by atoms with E-state index in [0.717, 1.165) is 20.2 Å². The first-order chi connectivity index (χ1) is 12.4. The molecule has 26 heavy (non-hydrogen) atoms. The van der Waals surface area contributed by atoms with Gasteiger partial charge in [-0.15, -0.1) is 5.10 Å². The zero-order chi connectivity index (χ0) is 18.7. The fourth-order valence-corrected chi connectivity index (χ4v) is 3.39. The molecule has 2 aromatic carbocycles. The Labute approximate surface area is 171 Å². The molecule has 0 unspecified atom stereocenters. The maximum absolute atomic E-state index is 12.1. The van der Waals surface area contributed by atoms with Crippen molar-refractivity contribution in [3.05, 3.63) is 50.9 Å². The van der Waals surface area contributed by atoms with E-state index >= 15 is 0 Å². The van der Waals surface area contributed by atoms with E-state index in [4.69, 9.17) is 0 Å². The number of halogens is 2. The number of anilines is 1. The average molecular weight is 498 g/mol. The summed E-state index contributed by atoms with van der Waals surface area (Å²) >= 11 is 8.00. The molecule has 3 aromatic rings. The van der Waals surface area contributed by atoms with Crippen molar-refractivity contribution in [3.63, 3.8) is 0 Å². The third kappa shape index (κ3) is 4.66. The molecule has 0 spiro atoms. The molecule has 0 saturated heterocycles. The van der Waals surface area contributed by atoms with Crippen molar-refractivity contribution < 1.29 is 9.90 Å². The van der Waals surface area contributed by atoms with Crippen molar-refractivity contribution in [3.8, 4) is 17.1 Å². The number of aromatic nitrogens is 3. The number of amides is 1. The predicted octanol–water partition coefficient (Wildman–Crippen LogP) is 4.74. The van der Waals surface area contributed by atoms with Crippen LogP contribution in [-0.4, -0.2) is 31.9 Å². The number of rotatable bonds is 5. The number of phenolic OH excluding ortho intramolecular Hbond substituents is 1. The minimum Gasteiger partial charge on any atom is -0.507 e. The first-order valence-corrected chi connectivity index (χ1v) is 10.1. The Morgan fingerprint density at radius 2 is 2.08 bits per heavy atom. The molecule has 0 fully saturated rings. The van der Waals surface area contributed by atoms with Gasteiger partial charge in [0.05, 0.1) is 11.3 Å². The van der Waals surface area contributed by atoms with Crippen LogP contribution in [0.1, 0.15) is 5.56 Å². The van der Waals surface area contributed by atoms with Crippen LogP contribution in [0.4, 0.5) is 5.69 Å². The average Bonchev–Trinajstić information content (AvgIpc) is 3.07. The van der Waals surface area contributed by atoms with Gasteiger partial charge in [0.15, 0.2) is 5.82 Å². The van der Waals surface area contributed by atoms with E-state index in [1.807, 2.05) is 25.1 Å². The second kappa shape index (κ2) is 8.24. The van der Waals surface area contributed by atoms with Gasteiger partial charge in [0, 0.05) is 14.6 Å². The second-order valence-electron chi connectivity index (χ2n) is 5.43. The molecule has 3 N–H and O–H groups in total. The van der Waals surface area contributed by atoms with Crippen LogP contribution in [-0.2, 0) is 4.79 Å². The van der Waals surface area contributed by atoms with E-state index < -0.39 is 0 Å². The monoisotopic (exact) mass is 496 g/mol. The van der Waals surface area contributed by atoms with Crippen LogP contribution in [0.5, 0.6) is 5.75 Å². The van der Waals surface area contributed by atoms with Crippen LogP contribution < -0.4 is 5.32 Å². The molecule has 3 rings (SSSR count). The van der Waals surface area contributed by atoms with Gasteiger partial charge in [-0.25, -0.2) is 4.98 Å². The van der Waals surface area contributed by atoms with E-state index in [0.29, 0.717) is 16.5 Å². The summed E-state index contributed by atoms with van der Waals surface area (Å²) in [5.41, 5.74) is 2.32. The molecule has 6 nitrogen and oxygen atoms in total. The number of benzene rings is 2. The number of H-pyrrole nitrogens is 1. The normalized spacial score (nSPS) is 10.7. The summed E-state index contributed by atoms with van der Waals surface area (Å²) in [6, 6.07) is 10.7. The fourth-order valence-electron chi connectivity index (χ4n) is 2.18. The molecule has 0 bridgehead atoms. The summed E-state index contributed by atoms with van der Waals surface area (Å²) in [5, 5.41) is 20.1. The Morgan fingerprint density at radius 1 is 1.27 bits per heavy atom. The molecular formula is C17H14Br2N4O2S. The summed E-state index contributed by atoms with van der Waals surface area (Å²) < 4.78 is 1.81. The van der Waals surface area contributed by atoms with Gasteiger partial charge in [-0.05, 0) is 48.9 Å². The number of phenols is 1. The lowest BCUT2D eigenvalue weighted by atomic mass is 10.2. The van der Waals surface area contributed by atoms with E-state index in [9.17, 15) is 9.90 Å². The summed E-state index contributed by atoms with van der Waals surface area (Å²) in [4.78, 5) is 16.4. The standard InChI is InChI=1S/C17H14Br2N4O2S/c1-9-6-11(3-4-13(9)19)20-15(25)8-26-17-21-16(22-23-17)12-7-10(18)2-5-14(12)24/h2-7,24H,8H2,1H3,(H,20,25)(H,21,22,23). The number of nitrogens with zero attached hydrogens (tertiary/aromatic N) is 2. The summed E-state index contributed by atoms with van der Waals surface area (Å²) in [6.45, 7) is 1.96. The summed E-state index contributed by atoms with van der Waals surface area (Å²) in [7, 11) is 0. The van der Waals surface area contributed by atoms with Gasteiger partial charge in [-0.3, -0.25) is 9.89 Å². The second-order valence-corrected chi connectivity index (χ2v) is 8.14. The molecule has 134 valence electrons. The Balaban J connectivity index is 1.61. The molecule has 0 radical (unpaired) electrons. The quantitative estimate of drug-likeness (QED) is 0.443. The first kappa shape index (κ1) is 18.9. The van der Waals surface area contributed by atoms with Gasteiger partial charge in [-0.2, -0.15) is 0 Å². The summed E-state index contributed by atoms with van der Waals surface area (Å²) in [5.74, 6) is 0.574. The lowest BCUT2D eigenvalue weighted by Crippen LogP contribution is -2.14. The molecule has 1 aromatic heterocycles. The third-order valence-corrected chi connectivity index (χ3v) is 5.68. The first-order valence-electron chi connectivity index (χ1n) is 7.52. The molecule has 0 atom stereocenters. The van der Waals surface area contributed by atoms with Crippen LogP contribution in [0.25, 0.3) is 11.4 Å². The minimum absolute atomic E-state index is 0.101. The lowest BCUT2D eigenvalue weighted by Gasteiger charge is -2.06. The predicted molar refractivity (Wildman–Crippen MR) is 109 cm³/mol. The van der Waals surface area contributed by atoms with Gasteiger partial charge in [0.1, 0.15) is 5.75 Å². The topological polar surface area (TPSA) is 90.9 Å². The van der Waals surface area contributed by atoms with Crippen molar-refractivity contribution in [2.24, 2.45) is 0 Å². The Hall–Kier alpha value is -1.84. The number of aromatic hydroxyl groups is 1. The third-order valence-electron chi connectivity index (χ3n) is 3.45. The zero-order valence-corrected chi connectivity index (χ0v) is 17.6. The number of carbonyl (C=O) groups is 1. The van der Waals surface area contributed by atoms with E-state index in [1.54, 1.807) is 18.2 Å². The van der Waals surface area contributed by atoms with Crippen LogP contribution >= 0.6 is 43.6 Å². The summed E-state index contributed by atoms with van der Waals surface area (Å²) in [6.07, 6.45) is 0. The van der Waals surface area contributed by atoms with Crippen molar-refractivity contribution in [2.75, 3.05) is 11.1 Å². The van der Waals surface area contributed by atoms with Gasteiger partial charge >= 0.3 is 0 Å². The number of hydrogen-bond acceptors (Lipinski definition) is 5. The fraction of sp³-hybridized carbons (Fsp3) is 0.118. The molecule has 1 amide bonds. The van der Waals surface area contributed by atoms with Crippen LogP contribution in [0.15, 0.2) is 50.5 Å². The minimum atomic E-state index is -0.145. The van der Waals surface area contributed by atoms with Gasteiger partial charge in [0.25, 0.3) is 0 Å². The van der Waals surface area contributed by atoms with E-state index in [2.05, 4.69) is 52.4 Å². The van der Waals surface area contributed by atoms with Crippen LogP contribution in [0.3, 0.4) is 0 Å². The maximum atomic E-state index is 12.1. The SMILES string of the molecule is Cc1cc(NC(=O)CSc2n[nH]c(-c3cc(Br)ccc3O)n2)ccc1Br. The highest BCUT2D eigenvalue weighted by atomic mass is 79.9. The number of aromatic amines is 1. The largest absolute Gasteiger partial charge is 0.507 e. The Morgan fingerprint density at radius 3 is 2.85 bits per heavy atom.